The average Bonchev–Trinajstić information content (AvgIpc) is 2.40. The molecule has 0 radical (unpaired) electrons. The van der Waals surface area contributed by atoms with Crippen molar-refractivity contribution in [3.63, 3.8) is 0 Å². The molecule has 1 N–H and O–H groups in total. The summed E-state index contributed by atoms with van der Waals surface area (Å²) in [4.78, 5) is 2.29. The molecule has 0 aromatic carbocycles. The molecule has 2 rings (SSSR count). The number of rotatable bonds is 3. The number of oxime groups is 1. The monoisotopic (exact) mass is 250 g/mol. The van der Waals surface area contributed by atoms with Crippen molar-refractivity contribution in [1.29, 1.82) is 0 Å². The second-order valence-electron chi connectivity index (χ2n) is 4.54. The quantitative estimate of drug-likeness (QED) is 0.644. The van der Waals surface area contributed by atoms with Crippen LogP contribution in [0, 0.1) is 5.92 Å². The fourth-order valence-electron chi connectivity index (χ4n) is 2.17. The van der Waals surface area contributed by atoms with Gasteiger partial charge in [-0.05, 0) is 6.07 Å². The van der Waals surface area contributed by atoms with Crippen LogP contribution in [-0.2, 0) is 6.54 Å². The normalized spacial score (nSPS) is 23.2. The fourth-order valence-corrected chi connectivity index (χ4v) is 2.17. The van der Waals surface area contributed by atoms with E-state index in [9.17, 15) is 0 Å². The minimum absolute atomic E-state index is 0.287. The minimum atomic E-state index is 0.287. The first kappa shape index (κ1) is 12.8. The first-order chi connectivity index (χ1) is 8.72. The summed E-state index contributed by atoms with van der Waals surface area (Å²) in [6.07, 6.45) is 0.807. The van der Waals surface area contributed by atoms with Gasteiger partial charge in [-0.25, -0.2) is 0 Å². The molecule has 6 heteroatoms. The molecular weight excluding hydrogens is 232 g/mol. The number of ether oxygens (including phenoxy) is 1. The number of methoxy groups -OCH3 is 1. The zero-order chi connectivity index (χ0) is 13.0. The summed E-state index contributed by atoms with van der Waals surface area (Å²) in [5, 5.41) is 20.2. The number of nitrogens with zero attached hydrogens (tertiary/aromatic N) is 4. The molecule has 1 fully saturated rings. The zero-order valence-electron chi connectivity index (χ0n) is 10.7. The van der Waals surface area contributed by atoms with E-state index in [1.807, 2.05) is 12.1 Å². The average molecular weight is 250 g/mol. The molecule has 1 aliphatic heterocycles. The van der Waals surface area contributed by atoms with E-state index in [-0.39, 0.29) is 5.92 Å². The van der Waals surface area contributed by atoms with Crippen LogP contribution < -0.4 is 4.74 Å². The molecule has 6 nitrogen and oxygen atoms in total. The SMILES string of the molecule is COc1ccc(CN2CC/C(=N/O)C(C)C2)nn1. The maximum Gasteiger partial charge on any atom is 0.233 e. The first-order valence-electron chi connectivity index (χ1n) is 6.02. The number of hydrogen-bond acceptors (Lipinski definition) is 6. The van der Waals surface area contributed by atoms with Crippen molar-refractivity contribution in [2.75, 3.05) is 20.2 Å². The Kier molecular flexibility index (Phi) is 4.09. The Bertz CT molecular complexity index is 419. The molecule has 0 spiro atoms. The molecule has 1 aliphatic rings. The highest BCUT2D eigenvalue weighted by Crippen LogP contribution is 2.16. The molecule has 2 heterocycles. The molecule has 98 valence electrons. The van der Waals surface area contributed by atoms with Crippen LogP contribution in [0.2, 0.25) is 0 Å². The fraction of sp³-hybridized carbons (Fsp3) is 0.583. The highest BCUT2D eigenvalue weighted by Gasteiger charge is 2.22. The van der Waals surface area contributed by atoms with E-state index in [1.54, 1.807) is 7.11 Å². The van der Waals surface area contributed by atoms with Gasteiger partial charge in [-0.15, -0.1) is 5.10 Å². The second-order valence-corrected chi connectivity index (χ2v) is 4.54. The van der Waals surface area contributed by atoms with Crippen LogP contribution in [0.1, 0.15) is 19.0 Å². The highest BCUT2D eigenvalue weighted by molar-refractivity contribution is 5.86. The van der Waals surface area contributed by atoms with Crippen LogP contribution >= 0.6 is 0 Å². The van der Waals surface area contributed by atoms with Gasteiger partial charge in [0.1, 0.15) is 0 Å². The second kappa shape index (κ2) is 5.77. The Morgan fingerprint density at radius 3 is 2.89 bits per heavy atom. The largest absolute Gasteiger partial charge is 0.480 e. The summed E-state index contributed by atoms with van der Waals surface area (Å²) in [7, 11) is 1.58. The van der Waals surface area contributed by atoms with Crippen molar-refractivity contribution in [2.45, 2.75) is 19.9 Å². The lowest BCUT2D eigenvalue weighted by Crippen LogP contribution is -2.39. The third-order valence-corrected chi connectivity index (χ3v) is 3.20. The summed E-state index contributed by atoms with van der Waals surface area (Å²) >= 11 is 0. The van der Waals surface area contributed by atoms with Crippen molar-refractivity contribution in [1.82, 2.24) is 15.1 Å². The Labute approximate surface area is 106 Å². The van der Waals surface area contributed by atoms with Crippen molar-refractivity contribution in [3.05, 3.63) is 17.8 Å². The van der Waals surface area contributed by atoms with Gasteiger partial charge in [0.2, 0.25) is 5.88 Å². The Balaban J connectivity index is 1.94. The van der Waals surface area contributed by atoms with Crippen LogP contribution in [0.5, 0.6) is 5.88 Å². The summed E-state index contributed by atoms with van der Waals surface area (Å²) in [5.74, 6) is 0.815. The molecule has 0 saturated carbocycles. The number of likely N-dealkylation sites (tertiary alicyclic amines) is 1. The van der Waals surface area contributed by atoms with Gasteiger partial charge >= 0.3 is 0 Å². The number of hydrogen-bond donors (Lipinski definition) is 1. The third kappa shape index (κ3) is 2.95. The maximum absolute atomic E-state index is 8.83. The van der Waals surface area contributed by atoms with E-state index in [0.717, 1.165) is 37.5 Å². The summed E-state index contributed by atoms with van der Waals surface area (Å²) in [6.45, 7) is 4.60. The lowest BCUT2D eigenvalue weighted by Gasteiger charge is -2.30. The van der Waals surface area contributed by atoms with E-state index in [2.05, 4.69) is 27.2 Å². The Morgan fingerprint density at radius 2 is 2.33 bits per heavy atom. The van der Waals surface area contributed by atoms with Crippen molar-refractivity contribution < 1.29 is 9.94 Å². The smallest absolute Gasteiger partial charge is 0.233 e. The lowest BCUT2D eigenvalue weighted by molar-refractivity contribution is 0.225. The van der Waals surface area contributed by atoms with E-state index < -0.39 is 0 Å². The van der Waals surface area contributed by atoms with Crippen molar-refractivity contribution >= 4 is 5.71 Å². The number of aromatic nitrogens is 2. The van der Waals surface area contributed by atoms with Crippen LogP contribution in [0.4, 0.5) is 0 Å². The lowest BCUT2D eigenvalue weighted by atomic mass is 9.97. The molecule has 1 aromatic rings. The molecule has 1 saturated heterocycles. The van der Waals surface area contributed by atoms with Crippen molar-refractivity contribution in [2.24, 2.45) is 11.1 Å². The predicted molar refractivity (Wildman–Crippen MR) is 66.9 cm³/mol. The van der Waals surface area contributed by atoms with Crippen LogP contribution in [0.3, 0.4) is 0 Å². The Morgan fingerprint density at radius 1 is 1.50 bits per heavy atom. The van der Waals surface area contributed by atoms with Crippen LogP contribution in [0.15, 0.2) is 17.3 Å². The van der Waals surface area contributed by atoms with Crippen LogP contribution in [-0.4, -0.2) is 46.2 Å². The third-order valence-electron chi connectivity index (χ3n) is 3.20. The molecule has 0 amide bonds. The van der Waals surface area contributed by atoms with E-state index in [4.69, 9.17) is 9.94 Å². The summed E-state index contributed by atoms with van der Waals surface area (Å²) in [6, 6.07) is 3.74. The standard InChI is InChI=1S/C12H18N4O2/c1-9-7-16(6-5-11(9)15-17)8-10-3-4-12(18-2)14-13-10/h3-4,9,17H,5-8H2,1-2H3/b15-11-. The topological polar surface area (TPSA) is 70.8 Å². The molecule has 0 aliphatic carbocycles. The molecule has 1 unspecified atom stereocenters. The van der Waals surface area contributed by atoms with Gasteiger partial charge in [-0.3, -0.25) is 4.90 Å². The zero-order valence-corrected chi connectivity index (χ0v) is 10.7. The van der Waals surface area contributed by atoms with Gasteiger partial charge in [-0.1, -0.05) is 12.1 Å². The van der Waals surface area contributed by atoms with Gasteiger partial charge in [-0.2, -0.15) is 5.10 Å². The molecule has 1 atom stereocenters. The summed E-state index contributed by atoms with van der Waals surface area (Å²) in [5.41, 5.74) is 1.81. The summed E-state index contributed by atoms with van der Waals surface area (Å²) < 4.78 is 4.97. The van der Waals surface area contributed by atoms with Gasteiger partial charge in [0.15, 0.2) is 0 Å². The van der Waals surface area contributed by atoms with E-state index in [0.29, 0.717) is 5.88 Å². The Hall–Kier alpha value is -1.69. The van der Waals surface area contributed by atoms with Gasteiger partial charge < -0.3 is 9.94 Å². The highest BCUT2D eigenvalue weighted by atomic mass is 16.5. The van der Waals surface area contributed by atoms with Gasteiger partial charge in [0, 0.05) is 38.0 Å². The molecule has 1 aromatic heterocycles. The number of piperidine rings is 1. The molecule has 0 bridgehead atoms. The van der Waals surface area contributed by atoms with E-state index >= 15 is 0 Å². The van der Waals surface area contributed by atoms with Gasteiger partial charge in [0.25, 0.3) is 0 Å². The molecular formula is C12H18N4O2. The minimum Gasteiger partial charge on any atom is -0.480 e. The predicted octanol–water partition coefficient (Wildman–Crippen LogP) is 1.16. The van der Waals surface area contributed by atoms with Crippen molar-refractivity contribution in [3.8, 4) is 5.88 Å². The van der Waals surface area contributed by atoms with Crippen LogP contribution in [0.25, 0.3) is 0 Å². The first-order valence-corrected chi connectivity index (χ1v) is 6.02. The maximum atomic E-state index is 8.83. The molecule has 18 heavy (non-hydrogen) atoms. The van der Waals surface area contributed by atoms with E-state index in [1.165, 1.54) is 0 Å². The van der Waals surface area contributed by atoms with Gasteiger partial charge in [0.05, 0.1) is 18.5 Å².